The summed E-state index contributed by atoms with van der Waals surface area (Å²) in [6, 6.07) is 1.45. The Bertz CT molecular complexity index is 1350. The predicted octanol–water partition coefficient (Wildman–Crippen LogP) is 2.69. The van der Waals surface area contributed by atoms with Crippen LogP contribution in [0.1, 0.15) is 102 Å². The number of carboxylic acid groups (broad SMARTS) is 1. The number of hydrogen-bond donors (Lipinski definition) is 3. The van der Waals surface area contributed by atoms with Crippen LogP contribution in [0.5, 0.6) is 11.5 Å². The number of hydrogen-bond acceptors (Lipinski definition) is 6. The van der Waals surface area contributed by atoms with Crippen molar-refractivity contribution in [1.82, 2.24) is 0 Å². The summed E-state index contributed by atoms with van der Waals surface area (Å²) in [6.07, 6.45) is 6.89. The molecule has 3 saturated carbocycles. The van der Waals surface area contributed by atoms with Gasteiger partial charge < -0.3 is 19.9 Å². The van der Waals surface area contributed by atoms with Gasteiger partial charge in [-0.3, -0.25) is 4.79 Å². The minimum atomic E-state index is -4.82. The number of benzene rings is 1. The first-order valence-corrected chi connectivity index (χ1v) is 14.8. The Balaban J connectivity index is 0.00000336. The van der Waals surface area contributed by atoms with Gasteiger partial charge in [-0.2, -0.15) is 0 Å². The molecule has 7 nitrogen and oxygen atoms in total. The molecule has 1 aromatic carbocycles. The van der Waals surface area contributed by atoms with Crippen molar-refractivity contribution in [2.45, 2.75) is 97.2 Å². The number of phenolic OH excluding ortho intramolecular Hbond substituents is 2. The van der Waals surface area contributed by atoms with Gasteiger partial charge in [0.05, 0.1) is 10.7 Å². The molecular formula is C29H39NaO7S. The maximum atomic E-state index is 12.7. The number of carboxylic acids is 1. The molecule has 0 amide bonds. The quantitative estimate of drug-likeness (QED) is 0.221. The second-order valence-corrected chi connectivity index (χ2v) is 15.2. The fraction of sp³-hybridized carbons (Fsp3) is 0.690. The van der Waals surface area contributed by atoms with Crippen LogP contribution in [0.15, 0.2) is 17.7 Å². The van der Waals surface area contributed by atoms with Crippen molar-refractivity contribution in [2.75, 3.05) is 0 Å². The van der Waals surface area contributed by atoms with Gasteiger partial charge in [-0.05, 0) is 104 Å². The molecule has 4 aliphatic rings. The Labute approximate surface area is 248 Å². The van der Waals surface area contributed by atoms with Crippen LogP contribution in [0, 0.1) is 34.5 Å². The second-order valence-electron chi connectivity index (χ2n) is 13.7. The third kappa shape index (κ3) is 3.73. The Morgan fingerprint density at radius 3 is 2.18 bits per heavy atom. The number of carbonyl (C=O) groups is 1. The number of phenols is 2. The first-order chi connectivity index (χ1) is 16.8. The SMILES string of the molecule is Cc1c(O)c(O)cc2c1C(S(=O)(=O)[O-])C=C1[C@@]2(C)CC[C@@]2(C)C3C[C@](C)(C(=O)O)CC[C@]3(C)CC[C@]12C.[Na+]. The molecule has 0 spiro atoms. The molecule has 0 bridgehead atoms. The van der Waals surface area contributed by atoms with Gasteiger partial charge in [0.2, 0.25) is 0 Å². The van der Waals surface area contributed by atoms with E-state index in [1.54, 1.807) is 13.0 Å². The van der Waals surface area contributed by atoms with Crippen LogP contribution >= 0.6 is 0 Å². The van der Waals surface area contributed by atoms with Crippen LogP contribution in [0.25, 0.3) is 0 Å². The topological polar surface area (TPSA) is 135 Å². The summed E-state index contributed by atoms with van der Waals surface area (Å²) in [6.45, 7) is 12.2. The molecule has 9 heteroatoms. The number of rotatable bonds is 2. The number of aromatic hydroxyl groups is 2. The van der Waals surface area contributed by atoms with E-state index in [4.69, 9.17) is 0 Å². The van der Waals surface area contributed by atoms with Crippen molar-refractivity contribution in [3.8, 4) is 11.5 Å². The Morgan fingerprint density at radius 2 is 1.61 bits per heavy atom. The molecule has 204 valence electrons. The molecule has 0 aromatic heterocycles. The van der Waals surface area contributed by atoms with Crippen LogP contribution in [-0.4, -0.2) is 34.3 Å². The molecule has 3 N–H and O–H groups in total. The van der Waals surface area contributed by atoms with Gasteiger partial charge in [0.25, 0.3) is 0 Å². The summed E-state index contributed by atoms with van der Waals surface area (Å²) in [7, 11) is -4.82. The minimum Gasteiger partial charge on any atom is -0.747 e. The second kappa shape index (κ2) is 8.72. The minimum absolute atomic E-state index is 0. The maximum Gasteiger partial charge on any atom is 1.00 e. The molecule has 5 rings (SSSR count). The van der Waals surface area contributed by atoms with Gasteiger partial charge in [0.15, 0.2) is 11.5 Å². The summed E-state index contributed by atoms with van der Waals surface area (Å²) in [4.78, 5) is 12.3. The first kappa shape index (κ1) is 29.9. The predicted molar refractivity (Wildman–Crippen MR) is 138 cm³/mol. The van der Waals surface area contributed by atoms with E-state index in [1.807, 2.05) is 6.92 Å². The van der Waals surface area contributed by atoms with Gasteiger partial charge in [0.1, 0.15) is 10.1 Å². The molecule has 1 aromatic rings. The molecule has 3 fully saturated rings. The van der Waals surface area contributed by atoms with Crippen LogP contribution < -0.4 is 29.6 Å². The smallest absolute Gasteiger partial charge is 0.747 e. The zero-order valence-electron chi connectivity index (χ0n) is 23.6. The molecule has 38 heavy (non-hydrogen) atoms. The molecule has 0 aliphatic heterocycles. The van der Waals surface area contributed by atoms with Crippen molar-refractivity contribution >= 4 is 16.1 Å². The van der Waals surface area contributed by atoms with Crippen LogP contribution in [-0.2, 0) is 20.3 Å². The average molecular weight is 555 g/mol. The number of aliphatic carboxylic acids is 1. The van der Waals surface area contributed by atoms with E-state index >= 15 is 0 Å². The largest absolute Gasteiger partial charge is 1.00 e. The monoisotopic (exact) mass is 554 g/mol. The number of fused-ring (bicyclic) bond motifs is 7. The Hall–Kier alpha value is -1.06. The van der Waals surface area contributed by atoms with E-state index in [9.17, 15) is 33.1 Å². The van der Waals surface area contributed by atoms with E-state index < -0.39 is 43.3 Å². The molecule has 4 aliphatic carbocycles. The van der Waals surface area contributed by atoms with E-state index in [0.717, 1.165) is 31.3 Å². The summed E-state index contributed by atoms with van der Waals surface area (Å²) in [5.41, 5.74) is -0.211. The fourth-order valence-corrected chi connectivity index (χ4v) is 10.0. The zero-order valence-corrected chi connectivity index (χ0v) is 26.5. The zero-order chi connectivity index (χ0) is 27.6. The van der Waals surface area contributed by atoms with Gasteiger partial charge in [0, 0.05) is 5.41 Å². The third-order valence-electron chi connectivity index (χ3n) is 11.9. The Morgan fingerprint density at radius 1 is 1.00 bits per heavy atom. The van der Waals surface area contributed by atoms with E-state index in [-0.39, 0.29) is 63.2 Å². The molecule has 0 heterocycles. The van der Waals surface area contributed by atoms with Crippen LogP contribution in [0.3, 0.4) is 0 Å². The molecule has 0 radical (unpaired) electrons. The summed E-state index contributed by atoms with van der Waals surface area (Å²) < 4.78 is 38.0. The fourth-order valence-electron chi connectivity index (χ4n) is 9.11. The van der Waals surface area contributed by atoms with E-state index in [2.05, 4.69) is 27.7 Å². The van der Waals surface area contributed by atoms with Crippen molar-refractivity contribution in [2.24, 2.45) is 27.6 Å². The van der Waals surface area contributed by atoms with Crippen molar-refractivity contribution in [1.29, 1.82) is 0 Å². The van der Waals surface area contributed by atoms with Gasteiger partial charge in [-0.15, -0.1) is 0 Å². The molecular weight excluding hydrogens is 515 g/mol. The van der Waals surface area contributed by atoms with E-state index in [1.165, 1.54) is 6.07 Å². The van der Waals surface area contributed by atoms with Crippen LogP contribution in [0.2, 0.25) is 0 Å². The van der Waals surface area contributed by atoms with Crippen molar-refractivity contribution in [3.63, 3.8) is 0 Å². The van der Waals surface area contributed by atoms with Gasteiger partial charge >= 0.3 is 35.5 Å². The van der Waals surface area contributed by atoms with Gasteiger partial charge in [-0.25, -0.2) is 8.42 Å². The van der Waals surface area contributed by atoms with E-state index in [0.29, 0.717) is 24.8 Å². The standard InChI is InChI=1S/C29H40O7S.Na/c1-16-22-17(13-18(30)23(16)31)27(4)10-12-29(6)21-15-26(3,24(32)33)8-7-25(21,2)9-11-28(29,5)20(27)14-19(22)37(34,35)36;/h13-14,19,21,30-31H,7-12,15H2,1-6H3,(H,32,33)(H,34,35,36);/q;+1/p-1/t19?,21?,25-,26-,27+,28-,29+;/m1./s1. The molecule has 7 atom stereocenters. The average Bonchev–Trinajstić information content (AvgIpc) is 2.80. The van der Waals surface area contributed by atoms with Gasteiger partial charge in [-0.1, -0.05) is 39.3 Å². The molecule has 0 saturated heterocycles. The summed E-state index contributed by atoms with van der Waals surface area (Å²) in [5, 5.41) is 29.6. The van der Waals surface area contributed by atoms with Crippen LogP contribution in [0.4, 0.5) is 0 Å². The summed E-state index contributed by atoms with van der Waals surface area (Å²) >= 11 is 0. The first-order valence-electron chi connectivity index (χ1n) is 13.3. The van der Waals surface area contributed by atoms with Crippen molar-refractivity contribution < 1.29 is 62.6 Å². The third-order valence-corrected chi connectivity index (χ3v) is 12.9. The maximum absolute atomic E-state index is 12.7. The normalized spacial score (nSPS) is 41.9. The summed E-state index contributed by atoms with van der Waals surface area (Å²) in [5.74, 6) is -1.36. The number of allylic oxidation sites excluding steroid dienone is 1. The Kier molecular flexibility index (Phi) is 6.86. The molecule has 2 unspecified atom stereocenters. The van der Waals surface area contributed by atoms with Crippen molar-refractivity contribution in [3.05, 3.63) is 34.4 Å².